The molecular formula is C14H19NO3. The van der Waals surface area contributed by atoms with E-state index < -0.39 is 11.4 Å². The molecule has 1 saturated carbocycles. The van der Waals surface area contributed by atoms with Crippen LogP contribution < -0.4 is 4.74 Å². The molecule has 18 heavy (non-hydrogen) atoms. The first-order chi connectivity index (χ1) is 8.40. The number of aryl methyl sites for hydroxylation is 1. The van der Waals surface area contributed by atoms with Crippen LogP contribution in [0.4, 0.5) is 0 Å². The minimum Gasteiger partial charge on any atom is -0.481 e. The summed E-state index contributed by atoms with van der Waals surface area (Å²) in [4.78, 5) is 15.3. The fourth-order valence-corrected chi connectivity index (χ4v) is 1.69. The Balaban J connectivity index is 2.03. The number of nitrogens with zero attached hydrogens (tertiary/aromatic N) is 1. The standard InChI is InChI=1S/C14H19NO3/c1-9-6-11(10-4-5-10)7-15-12(9)18-8-14(2,3)13(16)17/h6-7,10H,4-5,8H2,1-3H3,(H,16,17). The number of rotatable bonds is 5. The Morgan fingerprint density at radius 2 is 2.22 bits per heavy atom. The van der Waals surface area contributed by atoms with Gasteiger partial charge in [-0.15, -0.1) is 0 Å². The summed E-state index contributed by atoms with van der Waals surface area (Å²) in [5, 5.41) is 9.01. The maximum absolute atomic E-state index is 11.0. The maximum Gasteiger partial charge on any atom is 0.312 e. The van der Waals surface area contributed by atoms with Crippen LogP contribution in [0.5, 0.6) is 5.88 Å². The first kappa shape index (κ1) is 12.9. The Morgan fingerprint density at radius 1 is 1.56 bits per heavy atom. The number of hydrogen-bond acceptors (Lipinski definition) is 3. The van der Waals surface area contributed by atoms with Gasteiger partial charge in [-0.25, -0.2) is 4.98 Å². The SMILES string of the molecule is Cc1cc(C2CC2)cnc1OCC(C)(C)C(=O)O. The summed E-state index contributed by atoms with van der Waals surface area (Å²) in [6.07, 6.45) is 4.33. The first-order valence-corrected chi connectivity index (χ1v) is 6.23. The Labute approximate surface area is 107 Å². The smallest absolute Gasteiger partial charge is 0.312 e. The average molecular weight is 249 g/mol. The van der Waals surface area contributed by atoms with E-state index in [0.717, 1.165) is 5.56 Å². The van der Waals surface area contributed by atoms with Gasteiger partial charge in [-0.1, -0.05) is 0 Å². The average Bonchev–Trinajstić information content (AvgIpc) is 3.11. The molecule has 1 fully saturated rings. The van der Waals surface area contributed by atoms with Crippen molar-refractivity contribution in [3.8, 4) is 5.88 Å². The third-order valence-electron chi connectivity index (χ3n) is 3.25. The van der Waals surface area contributed by atoms with E-state index >= 15 is 0 Å². The van der Waals surface area contributed by atoms with Crippen LogP contribution >= 0.6 is 0 Å². The number of carboxylic acid groups (broad SMARTS) is 1. The summed E-state index contributed by atoms with van der Waals surface area (Å²) in [6, 6.07) is 2.09. The first-order valence-electron chi connectivity index (χ1n) is 6.23. The molecule has 1 aromatic rings. The Kier molecular flexibility index (Phi) is 3.28. The minimum atomic E-state index is -0.900. The Bertz CT molecular complexity index is 464. The van der Waals surface area contributed by atoms with Crippen molar-refractivity contribution in [3.63, 3.8) is 0 Å². The molecule has 0 bridgehead atoms. The van der Waals surface area contributed by atoms with Crippen molar-refractivity contribution in [3.05, 3.63) is 23.4 Å². The molecule has 4 nitrogen and oxygen atoms in total. The van der Waals surface area contributed by atoms with Gasteiger partial charge >= 0.3 is 5.97 Å². The third-order valence-corrected chi connectivity index (χ3v) is 3.25. The summed E-state index contributed by atoms with van der Waals surface area (Å²) >= 11 is 0. The molecule has 1 aromatic heterocycles. The van der Waals surface area contributed by atoms with E-state index in [9.17, 15) is 4.79 Å². The van der Waals surface area contributed by atoms with Gasteiger partial charge in [0.2, 0.25) is 5.88 Å². The summed E-state index contributed by atoms with van der Waals surface area (Å²) in [5.74, 6) is 0.337. The zero-order chi connectivity index (χ0) is 13.3. The van der Waals surface area contributed by atoms with Crippen LogP contribution in [0.25, 0.3) is 0 Å². The van der Waals surface area contributed by atoms with Gasteiger partial charge in [0.05, 0.1) is 5.41 Å². The molecule has 0 unspecified atom stereocenters. The fraction of sp³-hybridized carbons (Fsp3) is 0.571. The van der Waals surface area contributed by atoms with Gasteiger partial charge in [0.15, 0.2) is 0 Å². The van der Waals surface area contributed by atoms with E-state index in [0.29, 0.717) is 11.8 Å². The normalized spacial score (nSPS) is 15.5. The van der Waals surface area contributed by atoms with Crippen LogP contribution in [0.15, 0.2) is 12.3 Å². The van der Waals surface area contributed by atoms with Crippen LogP contribution in [0, 0.1) is 12.3 Å². The lowest BCUT2D eigenvalue weighted by atomic mass is 9.95. The number of carbonyl (C=O) groups is 1. The molecule has 0 spiro atoms. The summed E-state index contributed by atoms with van der Waals surface area (Å²) < 4.78 is 5.53. The van der Waals surface area contributed by atoms with Crippen molar-refractivity contribution in [2.75, 3.05) is 6.61 Å². The maximum atomic E-state index is 11.0. The molecule has 2 rings (SSSR count). The van der Waals surface area contributed by atoms with Crippen LogP contribution in [0.2, 0.25) is 0 Å². The van der Waals surface area contributed by atoms with Gasteiger partial charge in [-0.05, 0) is 51.2 Å². The van der Waals surface area contributed by atoms with E-state index in [1.54, 1.807) is 13.8 Å². The lowest BCUT2D eigenvalue weighted by Gasteiger charge is -2.19. The topological polar surface area (TPSA) is 59.4 Å². The summed E-state index contributed by atoms with van der Waals surface area (Å²) in [7, 11) is 0. The molecule has 0 saturated heterocycles. The molecule has 1 N–H and O–H groups in total. The van der Waals surface area contributed by atoms with Gasteiger partial charge in [-0.2, -0.15) is 0 Å². The zero-order valence-electron chi connectivity index (χ0n) is 11.1. The van der Waals surface area contributed by atoms with E-state index in [-0.39, 0.29) is 6.61 Å². The van der Waals surface area contributed by atoms with Crippen LogP contribution in [0.3, 0.4) is 0 Å². The Hall–Kier alpha value is -1.58. The fourth-order valence-electron chi connectivity index (χ4n) is 1.69. The molecule has 1 aliphatic rings. The molecule has 1 aliphatic carbocycles. The molecule has 0 radical (unpaired) electrons. The lowest BCUT2D eigenvalue weighted by Crippen LogP contribution is -2.31. The highest BCUT2D eigenvalue weighted by molar-refractivity contribution is 5.73. The quantitative estimate of drug-likeness (QED) is 0.871. The predicted octanol–water partition coefficient (Wildman–Crippen LogP) is 2.76. The van der Waals surface area contributed by atoms with Gasteiger partial charge < -0.3 is 9.84 Å². The number of carboxylic acids is 1. The highest BCUT2D eigenvalue weighted by atomic mass is 16.5. The van der Waals surface area contributed by atoms with Crippen molar-refractivity contribution < 1.29 is 14.6 Å². The molecule has 4 heteroatoms. The van der Waals surface area contributed by atoms with E-state index in [4.69, 9.17) is 9.84 Å². The third kappa shape index (κ3) is 2.81. The zero-order valence-corrected chi connectivity index (χ0v) is 11.1. The van der Waals surface area contributed by atoms with E-state index in [1.165, 1.54) is 18.4 Å². The largest absolute Gasteiger partial charge is 0.481 e. The molecular weight excluding hydrogens is 230 g/mol. The number of aliphatic carboxylic acids is 1. The van der Waals surface area contributed by atoms with Gasteiger partial charge in [0, 0.05) is 11.8 Å². The van der Waals surface area contributed by atoms with Crippen molar-refractivity contribution in [2.24, 2.45) is 5.41 Å². The molecule has 0 aliphatic heterocycles. The predicted molar refractivity (Wildman–Crippen MR) is 67.9 cm³/mol. The number of ether oxygens (including phenoxy) is 1. The van der Waals surface area contributed by atoms with Crippen molar-refractivity contribution in [2.45, 2.75) is 39.5 Å². The van der Waals surface area contributed by atoms with Crippen molar-refractivity contribution in [1.29, 1.82) is 0 Å². The minimum absolute atomic E-state index is 0.124. The van der Waals surface area contributed by atoms with Crippen molar-refractivity contribution in [1.82, 2.24) is 4.98 Å². The second-order valence-corrected chi connectivity index (χ2v) is 5.64. The number of aromatic nitrogens is 1. The second kappa shape index (κ2) is 4.59. The van der Waals surface area contributed by atoms with E-state index in [1.807, 2.05) is 13.1 Å². The molecule has 0 atom stereocenters. The Morgan fingerprint density at radius 3 is 2.72 bits per heavy atom. The molecule has 0 aromatic carbocycles. The molecule has 0 amide bonds. The molecule has 1 heterocycles. The van der Waals surface area contributed by atoms with Gasteiger partial charge in [-0.3, -0.25) is 4.79 Å². The molecule has 98 valence electrons. The highest BCUT2D eigenvalue weighted by Crippen LogP contribution is 2.40. The van der Waals surface area contributed by atoms with Crippen LogP contribution in [-0.4, -0.2) is 22.7 Å². The van der Waals surface area contributed by atoms with E-state index in [2.05, 4.69) is 11.1 Å². The van der Waals surface area contributed by atoms with Crippen molar-refractivity contribution >= 4 is 5.97 Å². The second-order valence-electron chi connectivity index (χ2n) is 5.64. The van der Waals surface area contributed by atoms with Gasteiger partial charge in [0.1, 0.15) is 6.61 Å². The summed E-state index contributed by atoms with van der Waals surface area (Å²) in [5.41, 5.74) is 1.33. The monoisotopic (exact) mass is 249 g/mol. The summed E-state index contributed by atoms with van der Waals surface area (Å²) in [6.45, 7) is 5.35. The number of pyridine rings is 1. The highest BCUT2D eigenvalue weighted by Gasteiger charge is 2.29. The lowest BCUT2D eigenvalue weighted by molar-refractivity contribution is -0.148. The van der Waals surface area contributed by atoms with Crippen LogP contribution in [-0.2, 0) is 4.79 Å². The van der Waals surface area contributed by atoms with Crippen LogP contribution in [0.1, 0.15) is 43.7 Å². The van der Waals surface area contributed by atoms with Gasteiger partial charge in [0.25, 0.3) is 0 Å². The number of hydrogen-bond donors (Lipinski definition) is 1.